The van der Waals surface area contributed by atoms with Crippen molar-refractivity contribution in [1.29, 1.82) is 0 Å². The van der Waals surface area contributed by atoms with E-state index in [4.69, 9.17) is 18.0 Å². The van der Waals surface area contributed by atoms with Crippen molar-refractivity contribution in [2.24, 2.45) is 5.73 Å². The van der Waals surface area contributed by atoms with Crippen molar-refractivity contribution in [3.63, 3.8) is 0 Å². The summed E-state index contributed by atoms with van der Waals surface area (Å²) in [6.45, 7) is 3.87. The average molecular weight is 246 g/mol. The van der Waals surface area contributed by atoms with Gasteiger partial charge in [-0.2, -0.15) is 0 Å². The summed E-state index contributed by atoms with van der Waals surface area (Å²) in [5, 5.41) is 0. The number of rotatable bonds is 3. The van der Waals surface area contributed by atoms with Gasteiger partial charge in [0.15, 0.2) is 0 Å². The zero-order valence-corrected chi connectivity index (χ0v) is 11.1. The Morgan fingerprint density at radius 1 is 1.67 bits per heavy atom. The molecular weight excluding hydrogens is 228 g/mol. The van der Waals surface area contributed by atoms with Gasteiger partial charge >= 0.3 is 0 Å². The van der Waals surface area contributed by atoms with E-state index in [-0.39, 0.29) is 16.7 Å². The molecule has 0 aromatic rings. The molecule has 1 aliphatic heterocycles. The van der Waals surface area contributed by atoms with Crippen molar-refractivity contribution in [1.82, 2.24) is 4.90 Å². The van der Waals surface area contributed by atoms with Gasteiger partial charge in [0.2, 0.25) is 5.91 Å². The van der Waals surface area contributed by atoms with E-state index >= 15 is 0 Å². The molecule has 1 saturated heterocycles. The SMILES string of the molecule is CC(C(N)=S)N(C)C(=O)C1(C)CCCS1. The fourth-order valence-electron chi connectivity index (χ4n) is 1.69. The lowest BCUT2D eigenvalue weighted by molar-refractivity contribution is -0.132. The highest BCUT2D eigenvalue weighted by Crippen LogP contribution is 2.39. The second-order valence-corrected chi connectivity index (χ2v) is 6.25. The first kappa shape index (κ1) is 12.8. The molecule has 1 amide bonds. The van der Waals surface area contributed by atoms with E-state index in [0.29, 0.717) is 4.99 Å². The maximum absolute atomic E-state index is 12.2. The van der Waals surface area contributed by atoms with Crippen LogP contribution in [0.5, 0.6) is 0 Å². The molecule has 0 aromatic carbocycles. The number of carbonyl (C=O) groups is 1. The molecule has 1 rings (SSSR count). The molecule has 2 N–H and O–H groups in total. The molecule has 1 aliphatic rings. The van der Waals surface area contributed by atoms with Crippen LogP contribution in [-0.4, -0.2) is 39.4 Å². The zero-order chi connectivity index (χ0) is 11.6. The predicted molar refractivity (Wildman–Crippen MR) is 69.1 cm³/mol. The molecule has 0 bridgehead atoms. The van der Waals surface area contributed by atoms with Gasteiger partial charge < -0.3 is 10.6 Å². The summed E-state index contributed by atoms with van der Waals surface area (Å²) < 4.78 is -0.270. The van der Waals surface area contributed by atoms with Gasteiger partial charge in [-0.1, -0.05) is 12.2 Å². The summed E-state index contributed by atoms with van der Waals surface area (Å²) in [5.41, 5.74) is 5.55. The topological polar surface area (TPSA) is 46.3 Å². The second-order valence-electron chi connectivity index (χ2n) is 4.18. The maximum Gasteiger partial charge on any atom is 0.238 e. The molecule has 0 spiro atoms. The molecule has 2 unspecified atom stereocenters. The molecule has 0 radical (unpaired) electrons. The van der Waals surface area contributed by atoms with Crippen LogP contribution in [0.2, 0.25) is 0 Å². The summed E-state index contributed by atoms with van der Waals surface area (Å²) >= 11 is 6.64. The Morgan fingerprint density at radius 3 is 2.67 bits per heavy atom. The Hall–Kier alpha value is -0.290. The van der Waals surface area contributed by atoms with Gasteiger partial charge in [-0.25, -0.2) is 0 Å². The van der Waals surface area contributed by atoms with Crippen molar-refractivity contribution in [3.8, 4) is 0 Å². The average Bonchev–Trinajstić information content (AvgIpc) is 2.62. The molecule has 15 heavy (non-hydrogen) atoms. The summed E-state index contributed by atoms with van der Waals surface area (Å²) in [4.78, 5) is 14.2. The van der Waals surface area contributed by atoms with Crippen LogP contribution in [0.1, 0.15) is 26.7 Å². The molecule has 0 aliphatic carbocycles. The van der Waals surface area contributed by atoms with Crippen molar-refractivity contribution < 1.29 is 4.79 Å². The van der Waals surface area contributed by atoms with E-state index in [1.165, 1.54) is 0 Å². The third-order valence-electron chi connectivity index (χ3n) is 2.98. The molecular formula is C10H18N2OS2. The van der Waals surface area contributed by atoms with E-state index in [0.717, 1.165) is 18.6 Å². The number of amides is 1. The third-order valence-corrected chi connectivity index (χ3v) is 4.83. The largest absolute Gasteiger partial charge is 0.392 e. The smallest absolute Gasteiger partial charge is 0.238 e. The number of thiocarbonyl (C=S) groups is 1. The van der Waals surface area contributed by atoms with Crippen LogP contribution in [0.3, 0.4) is 0 Å². The summed E-state index contributed by atoms with van der Waals surface area (Å²) in [7, 11) is 1.77. The Balaban J connectivity index is 2.71. The van der Waals surface area contributed by atoms with Crippen LogP contribution in [0, 0.1) is 0 Å². The van der Waals surface area contributed by atoms with E-state index < -0.39 is 0 Å². The molecule has 2 atom stereocenters. The van der Waals surface area contributed by atoms with Crippen LogP contribution in [0.15, 0.2) is 0 Å². The molecule has 1 heterocycles. The highest BCUT2D eigenvalue weighted by atomic mass is 32.2. The maximum atomic E-state index is 12.2. The van der Waals surface area contributed by atoms with Crippen molar-refractivity contribution >= 4 is 34.9 Å². The van der Waals surface area contributed by atoms with Crippen molar-refractivity contribution in [2.45, 2.75) is 37.5 Å². The highest BCUT2D eigenvalue weighted by molar-refractivity contribution is 8.01. The fourth-order valence-corrected chi connectivity index (χ4v) is 3.14. The van der Waals surface area contributed by atoms with E-state index in [9.17, 15) is 4.79 Å². The summed E-state index contributed by atoms with van der Waals surface area (Å²) in [5.74, 6) is 1.21. The third kappa shape index (κ3) is 2.64. The number of hydrogen-bond donors (Lipinski definition) is 1. The van der Waals surface area contributed by atoms with Crippen LogP contribution in [0.25, 0.3) is 0 Å². The number of nitrogens with zero attached hydrogens (tertiary/aromatic N) is 1. The number of thioether (sulfide) groups is 1. The van der Waals surface area contributed by atoms with Gasteiger partial charge in [0.1, 0.15) is 0 Å². The minimum absolute atomic E-state index is 0.144. The van der Waals surface area contributed by atoms with Gasteiger partial charge in [0, 0.05) is 7.05 Å². The van der Waals surface area contributed by atoms with Gasteiger partial charge in [-0.05, 0) is 32.4 Å². The standard InChI is InChI=1S/C10H18N2OS2/c1-7(8(11)14)12(3)9(13)10(2)5-4-6-15-10/h7H,4-6H2,1-3H3,(H2,11,14). The first-order valence-corrected chi connectivity index (χ1v) is 6.48. The number of nitrogens with two attached hydrogens (primary N) is 1. The van der Waals surface area contributed by atoms with Crippen LogP contribution in [0.4, 0.5) is 0 Å². The second kappa shape index (κ2) is 4.70. The Bertz CT molecular complexity index is 275. The highest BCUT2D eigenvalue weighted by Gasteiger charge is 2.40. The zero-order valence-electron chi connectivity index (χ0n) is 9.45. The molecule has 5 heteroatoms. The van der Waals surface area contributed by atoms with Crippen molar-refractivity contribution in [2.75, 3.05) is 12.8 Å². The fraction of sp³-hybridized carbons (Fsp3) is 0.800. The lowest BCUT2D eigenvalue weighted by Gasteiger charge is -2.31. The molecule has 86 valence electrons. The lowest BCUT2D eigenvalue weighted by atomic mass is 10.0. The van der Waals surface area contributed by atoms with E-state index in [1.807, 2.05) is 13.8 Å². The quantitative estimate of drug-likeness (QED) is 0.765. The molecule has 0 aromatic heterocycles. The molecule has 1 fully saturated rings. The van der Waals surface area contributed by atoms with Gasteiger partial charge in [-0.15, -0.1) is 11.8 Å². The minimum Gasteiger partial charge on any atom is -0.392 e. The Morgan fingerprint density at radius 2 is 2.27 bits per heavy atom. The van der Waals surface area contributed by atoms with Gasteiger partial charge in [0.05, 0.1) is 15.8 Å². The summed E-state index contributed by atoms with van der Waals surface area (Å²) in [6.07, 6.45) is 2.06. The Kier molecular flexibility index (Phi) is 4.00. The first-order chi connectivity index (χ1) is 6.88. The summed E-state index contributed by atoms with van der Waals surface area (Å²) in [6, 6.07) is -0.162. The van der Waals surface area contributed by atoms with Crippen LogP contribution < -0.4 is 5.73 Å². The van der Waals surface area contributed by atoms with Gasteiger partial charge in [-0.3, -0.25) is 4.79 Å². The molecule has 0 saturated carbocycles. The van der Waals surface area contributed by atoms with E-state index in [2.05, 4.69) is 0 Å². The Labute approximate surface area is 101 Å². The van der Waals surface area contributed by atoms with Crippen LogP contribution >= 0.6 is 24.0 Å². The number of hydrogen-bond acceptors (Lipinski definition) is 3. The lowest BCUT2D eigenvalue weighted by Crippen LogP contribution is -2.49. The van der Waals surface area contributed by atoms with Gasteiger partial charge in [0.25, 0.3) is 0 Å². The van der Waals surface area contributed by atoms with Crippen molar-refractivity contribution in [3.05, 3.63) is 0 Å². The normalized spacial score (nSPS) is 27.4. The monoisotopic (exact) mass is 246 g/mol. The number of carbonyl (C=O) groups excluding carboxylic acids is 1. The minimum atomic E-state index is -0.270. The van der Waals surface area contributed by atoms with E-state index in [1.54, 1.807) is 23.7 Å². The predicted octanol–water partition coefficient (Wildman–Crippen LogP) is 1.41. The first-order valence-electron chi connectivity index (χ1n) is 5.09. The van der Waals surface area contributed by atoms with Crippen LogP contribution in [-0.2, 0) is 4.79 Å². The molecule has 3 nitrogen and oxygen atoms in total. The number of likely N-dealkylation sites (N-methyl/N-ethyl adjacent to an activating group) is 1.